The summed E-state index contributed by atoms with van der Waals surface area (Å²) in [7, 11) is 0. The van der Waals surface area contributed by atoms with Crippen molar-refractivity contribution < 1.29 is 14.3 Å². The summed E-state index contributed by atoms with van der Waals surface area (Å²) in [5.41, 5.74) is 17.2. The van der Waals surface area contributed by atoms with Gasteiger partial charge in [0.2, 0.25) is 0 Å². The van der Waals surface area contributed by atoms with Crippen LogP contribution in [0.25, 0.3) is 0 Å². The number of rotatable bonds is 5. The highest BCUT2D eigenvalue weighted by atomic mass is 16.7. The molecule has 2 aliphatic rings. The molecule has 0 fully saturated rings. The number of nitrogens with zero attached hydrogens (tertiary/aromatic N) is 1. The van der Waals surface area contributed by atoms with Gasteiger partial charge in [-0.15, -0.1) is 0 Å². The Labute approximate surface area is 153 Å². The molecule has 0 heterocycles. The maximum absolute atomic E-state index is 11.9. The monoisotopic (exact) mass is 358 g/mol. The van der Waals surface area contributed by atoms with Gasteiger partial charge in [0.25, 0.3) is 0 Å². The highest BCUT2D eigenvalue weighted by Gasteiger charge is 2.25. The van der Waals surface area contributed by atoms with E-state index < -0.39 is 17.3 Å². The van der Waals surface area contributed by atoms with Crippen LogP contribution in [0.3, 0.4) is 0 Å². The summed E-state index contributed by atoms with van der Waals surface area (Å²) in [6.07, 6.45) is 15.0. The van der Waals surface area contributed by atoms with Crippen LogP contribution in [0.15, 0.2) is 64.7 Å². The molecule has 0 aromatic rings. The maximum atomic E-state index is 11.9. The molecule has 0 aromatic heterocycles. The Hall–Kier alpha value is -2.80. The number of hydrogen-bond acceptors (Lipinski definition) is 5. The first-order valence-corrected chi connectivity index (χ1v) is 8.40. The number of ether oxygens (including phenoxy) is 2. The second-order valence-corrected chi connectivity index (χ2v) is 6.65. The fourth-order valence-corrected chi connectivity index (χ4v) is 2.36. The third-order valence-corrected chi connectivity index (χ3v) is 3.88. The van der Waals surface area contributed by atoms with Crippen LogP contribution in [-0.2, 0) is 9.47 Å². The van der Waals surface area contributed by atoms with Gasteiger partial charge in [0.05, 0.1) is 12.1 Å². The molecule has 0 unspecified atom stereocenters. The molecular weight excluding hydrogens is 332 g/mol. The summed E-state index contributed by atoms with van der Waals surface area (Å²) in [5.74, 6) is 0.0131. The lowest BCUT2D eigenvalue weighted by Gasteiger charge is -2.21. The standard InChI is InChI=1S/C19H26N4O3/c1-18(22)8-4-14-6-10-19(2,11-7-15(14)5-9-18)26-17(24)25-13-3-12-23-16(20)21/h4-11H,3,12-13,22H2,1-2H3,(H4,20,21,23). The Balaban J connectivity index is 1.94. The minimum Gasteiger partial charge on any atom is -0.434 e. The Morgan fingerprint density at radius 2 is 1.58 bits per heavy atom. The SMILES string of the molecule is CC1(N)C=CC2=C(C=C1)C=CC(C)(OC(=O)OCCCN=C(N)N)C=C2. The minimum absolute atomic E-state index is 0.0131. The molecule has 7 heteroatoms. The van der Waals surface area contributed by atoms with Crippen molar-refractivity contribution in [3.05, 3.63) is 59.8 Å². The predicted molar refractivity (Wildman–Crippen MR) is 102 cm³/mol. The zero-order valence-electron chi connectivity index (χ0n) is 15.1. The van der Waals surface area contributed by atoms with E-state index >= 15 is 0 Å². The molecule has 0 radical (unpaired) electrons. The van der Waals surface area contributed by atoms with Crippen molar-refractivity contribution in [3.8, 4) is 0 Å². The van der Waals surface area contributed by atoms with Crippen molar-refractivity contribution in [2.75, 3.05) is 13.2 Å². The summed E-state index contributed by atoms with van der Waals surface area (Å²) in [5, 5.41) is 0. The van der Waals surface area contributed by atoms with Gasteiger partial charge in [0.15, 0.2) is 5.96 Å². The Morgan fingerprint density at radius 3 is 2.12 bits per heavy atom. The average Bonchev–Trinajstić information content (AvgIpc) is 2.79. The van der Waals surface area contributed by atoms with E-state index in [1.165, 1.54) is 0 Å². The smallest absolute Gasteiger partial charge is 0.434 e. The third kappa shape index (κ3) is 5.93. The van der Waals surface area contributed by atoms with Crippen molar-refractivity contribution >= 4 is 12.1 Å². The molecule has 2 aliphatic carbocycles. The Kier molecular flexibility index (Phi) is 6.05. The van der Waals surface area contributed by atoms with Crippen molar-refractivity contribution in [3.63, 3.8) is 0 Å². The number of carbonyl (C=O) groups excluding carboxylic acids is 1. The average molecular weight is 358 g/mol. The van der Waals surface area contributed by atoms with Crippen LogP contribution in [-0.4, -0.2) is 36.4 Å². The normalized spacial score (nSPS) is 19.3. The van der Waals surface area contributed by atoms with Crippen LogP contribution in [0.2, 0.25) is 0 Å². The van der Waals surface area contributed by atoms with Gasteiger partial charge >= 0.3 is 6.16 Å². The molecule has 7 nitrogen and oxygen atoms in total. The second kappa shape index (κ2) is 8.05. The minimum atomic E-state index is -0.906. The molecule has 140 valence electrons. The van der Waals surface area contributed by atoms with E-state index in [1.54, 1.807) is 6.92 Å². The molecule has 0 atom stereocenters. The third-order valence-electron chi connectivity index (χ3n) is 3.88. The zero-order valence-corrected chi connectivity index (χ0v) is 15.1. The van der Waals surface area contributed by atoms with Crippen molar-refractivity contribution in [1.29, 1.82) is 0 Å². The number of nitrogens with two attached hydrogens (primary N) is 3. The van der Waals surface area contributed by atoms with E-state index in [-0.39, 0.29) is 12.6 Å². The molecule has 6 N–H and O–H groups in total. The van der Waals surface area contributed by atoms with E-state index in [9.17, 15) is 4.79 Å². The lowest BCUT2D eigenvalue weighted by Crippen LogP contribution is -2.30. The van der Waals surface area contributed by atoms with Crippen LogP contribution in [0.5, 0.6) is 0 Å². The molecule has 2 rings (SSSR count). The van der Waals surface area contributed by atoms with Gasteiger partial charge in [-0.3, -0.25) is 4.99 Å². The molecule has 0 bridgehead atoms. The van der Waals surface area contributed by atoms with Gasteiger partial charge in [-0.2, -0.15) is 0 Å². The van der Waals surface area contributed by atoms with Crippen molar-refractivity contribution in [2.24, 2.45) is 22.2 Å². The van der Waals surface area contributed by atoms with Gasteiger partial charge in [0.1, 0.15) is 5.60 Å². The van der Waals surface area contributed by atoms with Gasteiger partial charge in [-0.1, -0.05) is 36.5 Å². The number of aliphatic imine (C=N–C) groups is 1. The molecule has 0 saturated heterocycles. The molecule has 0 amide bonds. The van der Waals surface area contributed by atoms with E-state index in [1.807, 2.05) is 55.5 Å². The lowest BCUT2D eigenvalue weighted by molar-refractivity contribution is 0.0170. The largest absolute Gasteiger partial charge is 0.509 e. The van der Waals surface area contributed by atoms with Crippen LogP contribution < -0.4 is 17.2 Å². The Morgan fingerprint density at radius 1 is 1.04 bits per heavy atom. The molecule has 0 spiro atoms. The quantitative estimate of drug-likeness (QED) is 0.298. The van der Waals surface area contributed by atoms with E-state index in [4.69, 9.17) is 26.7 Å². The summed E-state index contributed by atoms with van der Waals surface area (Å²) < 4.78 is 10.5. The van der Waals surface area contributed by atoms with Gasteiger partial charge < -0.3 is 26.7 Å². The van der Waals surface area contributed by atoms with E-state index in [0.29, 0.717) is 13.0 Å². The predicted octanol–water partition coefficient (Wildman–Crippen LogP) is 1.83. The van der Waals surface area contributed by atoms with Gasteiger partial charge in [-0.25, -0.2) is 4.79 Å². The summed E-state index contributed by atoms with van der Waals surface area (Å²) >= 11 is 0. The maximum Gasteiger partial charge on any atom is 0.509 e. The highest BCUT2D eigenvalue weighted by Crippen LogP contribution is 2.26. The van der Waals surface area contributed by atoms with Crippen molar-refractivity contribution in [2.45, 2.75) is 31.4 Å². The highest BCUT2D eigenvalue weighted by molar-refractivity contribution is 5.75. The number of carbonyl (C=O) groups is 1. The Bertz CT molecular complexity index is 687. The van der Waals surface area contributed by atoms with Crippen LogP contribution in [0.1, 0.15) is 20.3 Å². The molecule has 0 aliphatic heterocycles. The zero-order chi connectivity index (χ0) is 19.2. The van der Waals surface area contributed by atoms with Gasteiger partial charge in [0, 0.05) is 13.0 Å². The fourth-order valence-electron chi connectivity index (χ4n) is 2.36. The van der Waals surface area contributed by atoms with Crippen LogP contribution >= 0.6 is 0 Å². The molecule has 0 aromatic carbocycles. The van der Waals surface area contributed by atoms with E-state index in [0.717, 1.165) is 11.1 Å². The number of hydrogen-bond donors (Lipinski definition) is 3. The fraction of sp³-hybridized carbons (Fsp3) is 0.368. The van der Waals surface area contributed by atoms with E-state index in [2.05, 4.69) is 4.99 Å². The topological polar surface area (TPSA) is 126 Å². The first kappa shape index (κ1) is 19.5. The number of allylic oxidation sites excluding steroid dienone is 6. The summed E-state index contributed by atoms with van der Waals surface area (Å²) in [6.45, 7) is 4.28. The number of guanidine groups is 1. The summed E-state index contributed by atoms with van der Waals surface area (Å²) in [4.78, 5) is 15.7. The first-order chi connectivity index (χ1) is 12.2. The second-order valence-electron chi connectivity index (χ2n) is 6.65. The van der Waals surface area contributed by atoms with Crippen LogP contribution in [0, 0.1) is 0 Å². The molecule has 26 heavy (non-hydrogen) atoms. The van der Waals surface area contributed by atoms with Crippen LogP contribution in [0.4, 0.5) is 4.79 Å². The lowest BCUT2D eigenvalue weighted by atomic mass is 10.0. The first-order valence-electron chi connectivity index (χ1n) is 8.40. The van der Waals surface area contributed by atoms with Gasteiger partial charge in [-0.05, 0) is 37.1 Å². The molecule has 0 saturated carbocycles. The summed E-state index contributed by atoms with van der Waals surface area (Å²) in [6, 6.07) is 0. The van der Waals surface area contributed by atoms with Crippen molar-refractivity contribution in [1.82, 2.24) is 0 Å². The molecular formula is C19H26N4O3.